The van der Waals surface area contributed by atoms with Gasteiger partial charge in [-0.1, -0.05) is 6.07 Å². The molecule has 0 fully saturated rings. The van der Waals surface area contributed by atoms with Crippen LogP contribution in [0, 0.1) is 6.92 Å². The van der Waals surface area contributed by atoms with Gasteiger partial charge in [-0.2, -0.15) is 0 Å². The normalized spacial score (nSPS) is 10.1. The number of anilines is 3. The number of carbonyl (C=O) groups excluding carboxylic acids is 1. The minimum Gasteiger partial charge on any atom is -0.504 e. The topological polar surface area (TPSA) is 128 Å². The predicted octanol–water partition coefficient (Wildman–Crippen LogP) is 2.34. The van der Waals surface area contributed by atoms with E-state index in [1.54, 1.807) is 18.2 Å². The van der Waals surface area contributed by atoms with Crippen LogP contribution in [0.2, 0.25) is 0 Å². The average molecular weight is 289 g/mol. The summed E-state index contributed by atoms with van der Waals surface area (Å²) in [7, 11) is 0. The second kappa shape index (κ2) is 5.49. The first-order valence-corrected chi connectivity index (χ1v) is 6.06. The molecule has 0 heterocycles. The van der Waals surface area contributed by atoms with E-state index in [1.165, 1.54) is 0 Å². The standard InChI is InChI=1S/C14H15N3O4/c1-7-2-3-10(9(15)4-7)17-14(21)16-8-5-11(18)13(20)12(19)6-8/h2-6,18-20H,15H2,1H3,(H2,16,17,21). The molecule has 21 heavy (non-hydrogen) atoms. The Kier molecular flexibility index (Phi) is 3.75. The van der Waals surface area contributed by atoms with Gasteiger partial charge in [0.2, 0.25) is 0 Å². The van der Waals surface area contributed by atoms with Gasteiger partial charge in [0.15, 0.2) is 17.2 Å². The number of aryl methyl sites for hydroxylation is 1. The fraction of sp³-hybridized carbons (Fsp3) is 0.0714. The van der Waals surface area contributed by atoms with Crippen LogP contribution in [0.3, 0.4) is 0 Å². The van der Waals surface area contributed by atoms with Gasteiger partial charge in [0, 0.05) is 12.1 Å². The number of carbonyl (C=O) groups is 1. The molecule has 0 saturated carbocycles. The summed E-state index contributed by atoms with van der Waals surface area (Å²) >= 11 is 0. The molecule has 2 aromatic rings. The fourth-order valence-corrected chi connectivity index (χ4v) is 1.76. The Hall–Kier alpha value is -3.09. The van der Waals surface area contributed by atoms with Crippen molar-refractivity contribution in [2.75, 3.05) is 16.4 Å². The highest BCUT2D eigenvalue weighted by Crippen LogP contribution is 2.37. The molecule has 0 saturated heterocycles. The first-order chi connectivity index (χ1) is 9.86. The van der Waals surface area contributed by atoms with Gasteiger partial charge in [-0.05, 0) is 24.6 Å². The molecule has 0 aliphatic carbocycles. The van der Waals surface area contributed by atoms with E-state index in [0.717, 1.165) is 17.7 Å². The van der Waals surface area contributed by atoms with Crippen molar-refractivity contribution >= 4 is 23.1 Å². The van der Waals surface area contributed by atoms with Crippen molar-refractivity contribution in [1.82, 2.24) is 0 Å². The van der Waals surface area contributed by atoms with Gasteiger partial charge in [-0.3, -0.25) is 0 Å². The minimum atomic E-state index is -0.649. The summed E-state index contributed by atoms with van der Waals surface area (Å²) < 4.78 is 0. The predicted molar refractivity (Wildman–Crippen MR) is 79.7 cm³/mol. The van der Waals surface area contributed by atoms with Gasteiger partial charge in [0.1, 0.15) is 0 Å². The second-order valence-electron chi connectivity index (χ2n) is 4.53. The number of hydrogen-bond acceptors (Lipinski definition) is 5. The maximum atomic E-state index is 11.8. The van der Waals surface area contributed by atoms with E-state index in [9.17, 15) is 20.1 Å². The summed E-state index contributed by atoms with van der Waals surface area (Å²) in [5.41, 5.74) is 7.71. The van der Waals surface area contributed by atoms with Gasteiger partial charge < -0.3 is 31.7 Å². The Labute approximate surface area is 120 Å². The Morgan fingerprint density at radius 1 is 1.05 bits per heavy atom. The number of benzene rings is 2. The number of amides is 2. The molecule has 0 atom stereocenters. The first-order valence-electron chi connectivity index (χ1n) is 6.06. The molecule has 7 N–H and O–H groups in total. The van der Waals surface area contributed by atoms with E-state index in [-0.39, 0.29) is 5.69 Å². The largest absolute Gasteiger partial charge is 0.504 e. The van der Waals surface area contributed by atoms with Crippen LogP contribution in [0.15, 0.2) is 30.3 Å². The Balaban J connectivity index is 2.12. The number of rotatable bonds is 2. The number of hydrogen-bond donors (Lipinski definition) is 6. The molecule has 2 rings (SSSR count). The molecule has 0 aliphatic rings. The fourth-order valence-electron chi connectivity index (χ4n) is 1.76. The molecule has 110 valence electrons. The van der Waals surface area contributed by atoms with E-state index < -0.39 is 23.3 Å². The molecule has 0 unspecified atom stereocenters. The van der Waals surface area contributed by atoms with Gasteiger partial charge in [-0.25, -0.2) is 4.79 Å². The zero-order chi connectivity index (χ0) is 15.6. The van der Waals surface area contributed by atoms with Crippen LogP contribution in [0.4, 0.5) is 21.9 Å². The van der Waals surface area contributed by atoms with Crippen LogP contribution < -0.4 is 16.4 Å². The molecule has 0 radical (unpaired) electrons. The lowest BCUT2D eigenvalue weighted by Crippen LogP contribution is -2.20. The number of nitrogen functional groups attached to an aromatic ring is 1. The van der Waals surface area contributed by atoms with Crippen LogP contribution in [0.5, 0.6) is 17.2 Å². The Morgan fingerprint density at radius 2 is 1.67 bits per heavy atom. The molecule has 0 bridgehead atoms. The third-order valence-corrected chi connectivity index (χ3v) is 2.78. The molecular weight excluding hydrogens is 274 g/mol. The van der Waals surface area contributed by atoms with E-state index >= 15 is 0 Å². The summed E-state index contributed by atoms with van der Waals surface area (Å²) in [6, 6.07) is 6.78. The van der Waals surface area contributed by atoms with Gasteiger partial charge in [-0.15, -0.1) is 0 Å². The SMILES string of the molecule is Cc1ccc(NC(=O)Nc2cc(O)c(O)c(O)c2)c(N)c1. The molecule has 7 nitrogen and oxygen atoms in total. The molecule has 0 aliphatic heterocycles. The quantitative estimate of drug-likeness (QED) is 0.287. The molecule has 2 amide bonds. The van der Waals surface area contributed by atoms with Crippen LogP contribution >= 0.6 is 0 Å². The number of nitrogens with one attached hydrogen (secondary N) is 2. The van der Waals surface area contributed by atoms with Crippen LogP contribution in [0.25, 0.3) is 0 Å². The highest BCUT2D eigenvalue weighted by atomic mass is 16.3. The third kappa shape index (κ3) is 3.27. The number of phenolic OH excluding ortho intramolecular Hbond substituents is 3. The minimum absolute atomic E-state index is 0.117. The van der Waals surface area contributed by atoms with Gasteiger partial charge in [0.05, 0.1) is 17.1 Å². The van der Waals surface area contributed by atoms with Crippen LogP contribution in [-0.2, 0) is 0 Å². The lowest BCUT2D eigenvalue weighted by atomic mass is 10.2. The smallest absolute Gasteiger partial charge is 0.323 e. The third-order valence-electron chi connectivity index (χ3n) is 2.78. The van der Waals surface area contributed by atoms with Crippen molar-refractivity contribution < 1.29 is 20.1 Å². The number of phenols is 3. The Morgan fingerprint density at radius 3 is 2.24 bits per heavy atom. The van der Waals surface area contributed by atoms with Crippen LogP contribution in [-0.4, -0.2) is 21.4 Å². The molecule has 7 heteroatoms. The lowest BCUT2D eigenvalue weighted by Gasteiger charge is -2.11. The maximum absolute atomic E-state index is 11.8. The zero-order valence-electron chi connectivity index (χ0n) is 11.2. The highest BCUT2D eigenvalue weighted by molar-refractivity contribution is 6.01. The lowest BCUT2D eigenvalue weighted by molar-refractivity contribution is 0.262. The van der Waals surface area contributed by atoms with E-state index in [1.807, 2.05) is 6.92 Å². The van der Waals surface area contributed by atoms with Gasteiger partial charge in [0.25, 0.3) is 0 Å². The summed E-state index contributed by atoms with van der Waals surface area (Å²) in [6.07, 6.45) is 0. The van der Waals surface area contributed by atoms with E-state index in [0.29, 0.717) is 11.4 Å². The van der Waals surface area contributed by atoms with Crippen molar-refractivity contribution in [3.63, 3.8) is 0 Å². The highest BCUT2D eigenvalue weighted by Gasteiger charge is 2.11. The maximum Gasteiger partial charge on any atom is 0.323 e. The van der Waals surface area contributed by atoms with Crippen molar-refractivity contribution in [2.45, 2.75) is 6.92 Å². The van der Waals surface area contributed by atoms with Crippen molar-refractivity contribution in [3.05, 3.63) is 35.9 Å². The van der Waals surface area contributed by atoms with E-state index in [4.69, 9.17) is 5.73 Å². The Bertz CT molecular complexity index is 678. The molecule has 0 aromatic heterocycles. The molecule has 0 spiro atoms. The number of aromatic hydroxyl groups is 3. The monoisotopic (exact) mass is 289 g/mol. The first kappa shape index (κ1) is 14.3. The van der Waals surface area contributed by atoms with Crippen LogP contribution in [0.1, 0.15) is 5.56 Å². The summed E-state index contributed by atoms with van der Waals surface area (Å²) in [6.45, 7) is 1.88. The van der Waals surface area contributed by atoms with Crippen molar-refractivity contribution in [1.29, 1.82) is 0 Å². The number of urea groups is 1. The summed E-state index contributed by atoms with van der Waals surface area (Å²) in [5.74, 6) is -1.73. The average Bonchev–Trinajstić information content (AvgIpc) is 2.39. The summed E-state index contributed by atoms with van der Waals surface area (Å²) in [4.78, 5) is 11.8. The van der Waals surface area contributed by atoms with Crippen molar-refractivity contribution in [2.24, 2.45) is 0 Å². The molecular formula is C14H15N3O4. The second-order valence-corrected chi connectivity index (χ2v) is 4.53. The summed E-state index contributed by atoms with van der Waals surface area (Å²) in [5, 5.41) is 32.9. The van der Waals surface area contributed by atoms with Gasteiger partial charge >= 0.3 is 6.03 Å². The van der Waals surface area contributed by atoms with Crippen molar-refractivity contribution in [3.8, 4) is 17.2 Å². The molecule has 2 aromatic carbocycles. The zero-order valence-corrected chi connectivity index (χ0v) is 11.2. The number of nitrogens with two attached hydrogens (primary N) is 1. The van der Waals surface area contributed by atoms with E-state index in [2.05, 4.69) is 10.6 Å².